The Hall–Kier alpha value is -1.06. The van der Waals surface area contributed by atoms with E-state index in [-0.39, 0.29) is 11.6 Å². The van der Waals surface area contributed by atoms with Crippen molar-refractivity contribution in [3.05, 3.63) is 0 Å². The molecule has 2 fully saturated rings. The Morgan fingerprint density at radius 2 is 1.76 bits per heavy atom. The molecule has 2 saturated heterocycles. The fraction of sp³-hybridized carbons (Fsp3) is 0.846. The first kappa shape index (κ1) is 12.4. The third-order valence-corrected chi connectivity index (χ3v) is 3.97. The molecule has 0 aliphatic carbocycles. The lowest BCUT2D eigenvalue weighted by Gasteiger charge is -2.35. The largest absolute Gasteiger partial charge is 0.444 e. The molecule has 2 aliphatic heterocycles. The molecule has 2 bridgehead atoms. The third-order valence-electron chi connectivity index (χ3n) is 3.97. The predicted molar refractivity (Wildman–Crippen MR) is 63.7 cm³/mol. The summed E-state index contributed by atoms with van der Waals surface area (Å²) in [5.74, 6) is 0. The fourth-order valence-corrected chi connectivity index (χ4v) is 3.09. The second kappa shape index (κ2) is 3.47. The van der Waals surface area contributed by atoms with Crippen molar-refractivity contribution in [3.8, 4) is 0 Å². The molecular weight excluding hydrogens is 218 g/mol. The highest BCUT2D eigenvalue weighted by molar-refractivity contribution is 5.80. The Labute approximate surface area is 102 Å². The van der Waals surface area contributed by atoms with Crippen LogP contribution < -0.4 is 0 Å². The summed E-state index contributed by atoms with van der Waals surface area (Å²) in [4.78, 5) is 25.3. The summed E-state index contributed by atoms with van der Waals surface area (Å²) in [7, 11) is 0. The van der Waals surface area contributed by atoms with E-state index in [1.807, 2.05) is 20.8 Å². The smallest absolute Gasteiger partial charge is 0.411 e. The van der Waals surface area contributed by atoms with E-state index in [1.165, 1.54) is 0 Å². The third kappa shape index (κ3) is 1.83. The van der Waals surface area contributed by atoms with Crippen molar-refractivity contribution in [2.24, 2.45) is 0 Å². The first-order chi connectivity index (χ1) is 7.72. The van der Waals surface area contributed by atoms with Gasteiger partial charge in [-0.3, -0.25) is 4.90 Å². The van der Waals surface area contributed by atoms with Crippen molar-refractivity contribution in [2.45, 2.75) is 70.1 Å². The molecule has 2 heterocycles. The van der Waals surface area contributed by atoms with Gasteiger partial charge in [0, 0.05) is 5.54 Å². The maximum Gasteiger partial charge on any atom is 0.411 e. The Kier molecular flexibility index (Phi) is 2.53. The van der Waals surface area contributed by atoms with Crippen LogP contribution in [0.4, 0.5) is 4.79 Å². The maximum absolute atomic E-state index is 12.2. The second-order valence-electron chi connectivity index (χ2n) is 6.53. The van der Waals surface area contributed by atoms with Gasteiger partial charge in [-0.05, 0) is 53.4 Å². The highest BCUT2D eigenvalue weighted by Crippen LogP contribution is 2.52. The average Bonchev–Trinajstić information content (AvgIpc) is 2.63. The van der Waals surface area contributed by atoms with Crippen molar-refractivity contribution >= 4 is 12.4 Å². The molecule has 2 rings (SSSR count). The minimum atomic E-state index is -0.600. The summed E-state index contributed by atoms with van der Waals surface area (Å²) in [6.07, 6.45) is 3.92. The Morgan fingerprint density at radius 1 is 1.24 bits per heavy atom. The fourth-order valence-electron chi connectivity index (χ4n) is 3.09. The van der Waals surface area contributed by atoms with Gasteiger partial charge in [0.2, 0.25) is 0 Å². The van der Waals surface area contributed by atoms with Crippen molar-refractivity contribution in [1.82, 2.24) is 4.90 Å². The van der Waals surface area contributed by atoms with E-state index in [0.717, 1.165) is 32.0 Å². The van der Waals surface area contributed by atoms with Crippen molar-refractivity contribution < 1.29 is 14.3 Å². The van der Waals surface area contributed by atoms with Gasteiger partial charge in [-0.2, -0.15) is 0 Å². The molecule has 4 nitrogen and oxygen atoms in total. The van der Waals surface area contributed by atoms with E-state index in [9.17, 15) is 9.59 Å². The lowest BCUT2D eigenvalue weighted by Crippen LogP contribution is -2.52. The Morgan fingerprint density at radius 3 is 2.18 bits per heavy atom. The number of aldehydes is 1. The first-order valence-corrected chi connectivity index (χ1v) is 6.22. The van der Waals surface area contributed by atoms with E-state index in [0.29, 0.717) is 0 Å². The Bertz CT molecular complexity index is 348. The minimum Gasteiger partial charge on any atom is -0.444 e. The van der Waals surface area contributed by atoms with Crippen LogP contribution >= 0.6 is 0 Å². The number of amides is 1. The lowest BCUT2D eigenvalue weighted by atomic mass is 9.84. The quantitative estimate of drug-likeness (QED) is 0.660. The molecule has 1 amide bonds. The summed E-state index contributed by atoms with van der Waals surface area (Å²) in [6, 6.07) is 0. The zero-order valence-corrected chi connectivity index (χ0v) is 11.1. The van der Waals surface area contributed by atoms with Crippen LogP contribution in [-0.4, -0.2) is 34.0 Å². The number of fused-ring (bicyclic) bond motifs is 2. The monoisotopic (exact) mass is 239 g/mol. The molecule has 0 unspecified atom stereocenters. The topological polar surface area (TPSA) is 46.6 Å². The van der Waals surface area contributed by atoms with Gasteiger partial charge in [0.05, 0.1) is 0 Å². The summed E-state index contributed by atoms with van der Waals surface area (Å²) < 4.78 is 5.42. The number of ether oxygens (including phenoxy) is 1. The second-order valence-corrected chi connectivity index (χ2v) is 6.53. The number of carbonyl (C=O) groups is 2. The van der Waals surface area contributed by atoms with E-state index in [2.05, 4.69) is 6.92 Å². The van der Waals surface area contributed by atoms with Crippen molar-refractivity contribution in [1.29, 1.82) is 0 Å². The van der Waals surface area contributed by atoms with Crippen LogP contribution in [0.25, 0.3) is 0 Å². The SMILES string of the molecule is CC(C)(C)OC(=O)N1C2(C)CCC1(C=O)CC2. The van der Waals surface area contributed by atoms with Crippen LogP contribution in [-0.2, 0) is 9.53 Å². The van der Waals surface area contributed by atoms with Crippen molar-refractivity contribution in [2.75, 3.05) is 0 Å². The molecule has 96 valence electrons. The number of nitrogens with zero attached hydrogens (tertiary/aromatic N) is 1. The van der Waals surface area contributed by atoms with Crippen LogP contribution in [0.2, 0.25) is 0 Å². The van der Waals surface area contributed by atoms with Gasteiger partial charge in [-0.15, -0.1) is 0 Å². The van der Waals surface area contributed by atoms with E-state index >= 15 is 0 Å². The number of rotatable bonds is 1. The summed E-state index contributed by atoms with van der Waals surface area (Å²) in [6.45, 7) is 7.59. The summed E-state index contributed by atoms with van der Waals surface area (Å²) >= 11 is 0. The van der Waals surface area contributed by atoms with Gasteiger partial charge in [0.15, 0.2) is 0 Å². The summed E-state index contributed by atoms with van der Waals surface area (Å²) in [5.41, 5.74) is -1.31. The van der Waals surface area contributed by atoms with Crippen LogP contribution in [0.1, 0.15) is 53.4 Å². The Balaban J connectivity index is 2.25. The van der Waals surface area contributed by atoms with Gasteiger partial charge in [-0.1, -0.05) is 0 Å². The highest BCUT2D eigenvalue weighted by atomic mass is 16.6. The standard InChI is InChI=1S/C13H21NO3/c1-11(2,3)17-10(16)14-12(4)5-7-13(14,9-15)8-6-12/h9H,5-8H2,1-4H3. The number of carbonyl (C=O) groups excluding carboxylic acids is 2. The molecule has 0 aromatic carbocycles. The molecule has 0 spiro atoms. The van der Waals surface area contributed by atoms with Gasteiger partial charge in [-0.25, -0.2) is 4.79 Å². The van der Waals surface area contributed by atoms with Gasteiger partial charge < -0.3 is 9.53 Å². The molecule has 0 aromatic rings. The van der Waals surface area contributed by atoms with E-state index in [1.54, 1.807) is 4.90 Å². The van der Waals surface area contributed by atoms with Crippen LogP contribution in [0, 0.1) is 0 Å². The number of hydrogen-bond donors (Lipinski definition) is 0. The van der Waals surface area contributed by atoms with E-state index in [4.69, 9.17) is 4.74 Å². The zero-order chi connectivity index (χ0) is 12.9. The number of hydrogen-bond acceptors (Lipinski definition) is 3. The lowest BCUT2D eigenvalue weighted by molar-refractivity contribution is -0.116. The van der Waals surface area contributed by atoms with Crippen LogP contribution in [0.5, 0.6) is 0 Å². The molecule has 2 aliphatic rings. The molecule has 0 saturated carbocycles. The highest BCUT2D eigenvalue weighted by Gasteiger charge is 2.61. The van der Waals surface area contributed by atoms with Gasteiger partial charge in [0.25, 0.3) is 0 Å². The predicted octanol–water partition coefficient (Wildman–Crippen LogP) is 2.51. The minimum absolute atomic E-state index is 0.191. The molecule has 0 radical (unpaired) electrons. The molecule has 0 atom stereocenters. The molecule has 0 N–H and O–H groups in total. The molecular formula is C13H21NO3. The molecule has 0 aromatic heterocycles. The van der Waals surface area contributed by atoms with Crippen LogP contribution in [0.15, 0.2) is 0 Å². The van der Waals surface area contributed by atoms with Gasteiger partial charge >= 0.3 is 6.09 Å². The average molecular weight is 239 g/mol. The van der Waals surface area contributed by atoms with Crippen LogP contribution in [0.3, 0.4) is 0 Å². The first-order valence-electron chi connectivity index (χ1n) is 6.22. The van der Waals surface area contributed by atoms with E-state index < -0.39 is 11.1 Å². The zero-order valence-electron chi connectivity index (χ0n) is 11.1. The van der Waals surface area contributed by atoms with Gasteiger partial charge in [0.1, 0.15) is 17.4 Å². The summed E-state index contributed by atoms with van der Waals surface area (Å²) in [5, 5.41) is 0. The van der Waals surface area contributed by atoms with Crippen molar-refractivity contribution in [3.63, 3.8) is 0 Å². The maximum atomic E-state index is 12.2. The molecule has 4 heteroatoms. The molecule has 17 heavy (non-hydrogen) atoms. The normalized spacial score (nSPS) is 36.1.